The lowest BCUT2D eigenvalue weighted by Crippen LogP contribution is -2.45. The van der Waals surface area contributed by atoms with Gasteiger partial charge in [0.25, 0.3) is 17.4 Å². The first-order chi connectivity index (χ1) is 18.2. The second-order valence-electron chi connectivity index (χ2n) is 9.65. The van der Waals surface area contributed by atoms with E-state index in [-0.39, 0.29) is 35.5 Å². The van der Waals surface area contributed by atoms with Gasteiger partial charge in [-0.25, -0.2) is 4.39 Å². The molecule has 1 aromatic carbocycles. The first-order valence-electron chi connectivity index (χ1n) is 12.4. The number of ether oxygens (including phenoxy) is 1. The SMILES string of the molecule is CNC(=O)c1c(O)c2ncc(Cc3ccc(F)cc3)c3c2n(c1=O)C=C(C(=O)NCC1(O)CCCCC1)O3. The monoisotopic (exact) mass is 522 g/mol. The molecule has 0 atom stereocenters. The highest BCUT2D eigenvalue weighted by Crippen LogP contribution is 2.38. The minimum atomic E-state index is -1.02. The number of aromatic nitrogens is 2. The summed E-state index contributed by atoms with van der Waals surface area (Å²) in [6.07, 6.45) is 6.67. The molecule has 0 radical (unpaired) electrons. The predicted molar refractivity (Wildman–Crippen MR) is 136 cm³/mol. The van der Waals surface area contributed by atoms with Gasteiger partial charge >= 0.3 is 0 Å². The van der Waals surface area contributed by atoms with Gasteiger partial charge in [-0.3, -0.25) is 23.9 Å². The average Bonchev–Trinajstić information content (AvgIpc) is 2.92. The molecule has 11 heteroatoms. The van der Waals surface area contributed by atoms with Gasteiger partial charge in [-0.15, -0.1) is 0 Å². The highest BCUT2D eigenvalue weighted by atomic mass is 19.1. The zero-order valence-electron chi connectivity index (χ0n) is 20.7. The summed E-state index contributed by atoms with van der Waals surface area (Å²) in [5, 5.41) is 26.6. The molecule has 10 nitrogen and oxygen atoms in total. The third-order valence-corrected chi connectivity index (χ3v) is 7.02. The molecule has 2 aliphatic rings. The largest absolute Gasteiger partial charge is 0.505 e. The number of benzene rings is 1. The van der Waals surface area contributed by atoms with Crippen molar-refractivity contribution in [2.45, 2.75) is 44.1 Å². The number of pyridine rings is 2. The lowest BCUT2D eigenvalue weighted by molar-refractivity contribution is -0.121. The molecule has 0 bridgehead atoms. The molecule has 4 N–H and O–H groups in total. The van der Waals surface area contributed by atoms with Crippen LogP contribution in [0.15, 0.2) is 41.0 Å². The predicted octanol–water partition coefficient (Wildman–Crippen LogP) is 2.19. The molecule has 2 aromatic heterocycles. The van der Waals surface area contributed by atoms with E-state index in [1.807, 2.05) is 0 Å². The summed E-state index contributed by atoms with van der Waals surface area (Å²) in [6.45, 7) is 0.0154. The fraction of sp³-hybridized carbons (Fsp3) is 0.333. The fourth-order valence-electron chi connectivity index (χ4n) is 4.95. The smallest absolute Gasteiger partial charge is 0.288 e. The normalized spacial score (nSPS) is 15.9. The fourth-order valence-corrected chi connectivity index (χ4v) is 4.95. The molecule has 2 amide bonds. The lowest BCUT2D eigenvalue weighted by atomic mass is 9.85. The first-order valence-corrected chi connectivity index (χ1v) is 12.4. The van der Waals surface area contributed by atoms with Crippen LogP contribution in [0.1, 0.15) is 53.6 Å². The Morgan fingerprint density at radius 3 is 2.55 bits per heavy atom. The molecule has 3 heterocycles. The molecule has 0 unspecified atom stereocenters. The van der Waals surface area contributed by atoms with Crippen molar-refractivity contribution in [3.05, 3.63) is 69.1 Å². The van der Waals surface area contributed by atoms with E-state index >= 15 is 0 Å². The third kappa shape index (κ3) is 4.60. The topological polar surface area (TPSA) is 143 Å². The summed E-state index contributed by atoms with van der Waals surface area (Å²) in [5.41, 5.74) is -1.21. The van der Waals surface area contributed by atoms with Crippen LogP contribution in [-0.4, -0.2) is 50.8 Å². The Hall–Kier alpha value is -4.25. The van der Waals surface area contributed by atoms with Crippen molar-refractivity contribution >= 4 is 29.0 Å². The summed E-state index contributed by atoms with van der Waals surface area (Å²) < 4.78 is 20.5. The number of carbonyl (C=O) groups is 2. The van der Waals surface area contributed by atoms with Crippen molar-refractivity contribution in [3.8, 4) is 11.5 Å². The molecule has 3 aromatic rings. The Kier molecular flexibility index (Phi) is 6.62. The van der Waals surface area contributed by atoms with Crippen molar-refractivity contribution < 1.29 is 28.9 Å². The van der Waals surface area contributed by atoms with Gasteiger partial charge in [-0.1, -0.05) is 31.4 Å². The Morgan fingerprint density at radius 1 is 1.16 bits per heavy atom. The first kappa shape index (κ1) is 25.4. The molecule has 38 heavy (non-hydrogen) atoms. The van der Waals surface area contributed by atoms with Gasteiger partial charge in [-0.05, 0) is 30.5 Å². The molecule has 5 rings (SSSR count). The highest BCUT2D eigenvalue weighted by molar-refractivity contribution is 6.04. The summed E-state index contributed by atoms with van der Waals surface area (Å²) >= 11 is 0. The molecule has 1 saturated carbocycles. The number of amides is 2. The summed E-state index contributed by atoms with van der Waals surface area (Å²) in [5.74, 6) is -2.62. The van der Waals surface area contributed by atoms with Crippen molar-refractivity contribution in [2.75, 3.05) is 13.6 Å². The van der Waals surface area contributed by atoms with E-state index in [2.05, 4.69) is 15.6 Å². The van der Waals surface area contributed by atoms with Crippen LogP contribution < -0.4 is 20.9 Å². The summed E-state index contributed by atoms with van der Waals surface area (Å²) in [4.78, 5) is 43.2. The number of carbonyl (C=O) groups excluding carboxylic acids is 2. The molecule has 1 fully saturated rings. The molecule has 1 aliphatic carbocycles. The van der Waals surface area contributed by atoms with Crippen LogP contribution in [0.2, 0.25) is 0 Å². The highest BCUT2D eigenvalue weighted by Gasteiger charge is 2.33. The van der Waals surface area contributed by atoms with E-state index < -0.39 is 40.1 Å². The number of nitrogens with zero attached hydrogens (tertiary/aromatic N) is 2. The van der Waals surface area contributed by atoms with Crippen LogP contribution in [0.5, 0.6) is 11.5 Å². The van der Waals surface area contributed by atoms with Gasteiger partial charge in [0, 0.05) is 31.8 Å². The van der Waals surface area contributed by atoms with Crippen molar-refractivity contribution in [1.29, 1.82) is 0 Å². The number of nitrogens with one attached hydrogen (secondary N) is 2. The molecule has 0 spiro atoms. The second-order valence-corrected chi connectivity index (χ2v) is 9.65. The second kappa shape index (κ2) is 9.90. The van der Waals surface area contributed by atoms with E-state index in [4.69, 9.17) is 4.74 Å². The molecular formula is C27H27FN4O6. The van der Waals surface area contributed by atoms with Crippen LogP contribution >= 0.6 is 0 Å². The van der Waals surface area contributed by atoms with Crippen LogP contribution in [0.3, 0.4) is 0 Å². The van der Waals surface area contributed by atoms with E-state index in [0.29, 0.717) is 24.0 Å². The molecule has 198 valence electrons. The van der Waals surface area contributed by atoms with Crippen LogP contribution in [0, 0.1) is 5.82 Å². The third-order valence-electron chi connectivity index (χ3n) is 7.02. The number of hydrogen-bond acceptors (Lipinski definition) is 7. The van der Waals surface area contributed by atoms with Crippen LogP contribution in [0.4, 0.5) is 4.39 Å². The minimum absolute atomic E-state index is 0.0154. The van der Waals surface area contributed by atoms with E-state index in [1.54, 1.807) is 12.1 Å². The average molecular weight is 523 g/mol. The molecule has 0 saturated heterocycles. The van der Waals surface area contributed by atoms with Crippen molar-refractivity contribution in [3.63, 3.8) is 0 Å². The van der Waals surface area contributed by atoms with Gasteiger partial charge in [0.05, 0.1) is 11.8 Å². The van der Waals surface area contributed by atoms with E-state index in [9.17, 15) is 29.0 Å². The van der Waals surface area contributed by atoms with Crippen LogP contribution in [0.25, 0.3) is 17.2 Å². The standard InChI is InChI=1S/C27H27FN4O6/c1-29-25(35)19-22(33)20-21-23(16(12-30-20)11-15-5-7-17(28)8-6-15)38-18(13-32(21)26(19)36)24(34)31-14-27(37)9-3-2-4-10-27/h5-8,12-13,33,37H,2-4,9-11,14H2,1H3,(H,29,35)(H,31,34). The zero-order chi connectivity index (χ0) is 27.0. The Morgan fingerprint density at radius 2 is 1.87 bits per heavy atom. The van der Waals surface area contributed by atoms with E-state index in [1.165, 1.54) is 25.4 Å². The Bertz CT molecular complexity index is 1520. The zero-order valence-corrected chi connectivity index (χ0v) is 20.7. The van der Waals surface area contributed by atoms with Crippen LogP contribution in [-0.2, 0) is 11.2 Å². The maximum absolute atomic E-state index is 13.4. The molecular weight excluding hydrogens is 495 g/mol. The summed E-state index contributed by atoms with van der Waals surface area (Å²) in [7, 11) is 1.32. The number of aliphatic hydroxyl groups is 1. The van der Waals surface area contributed by atoms with Gasteiger partial charge in [0.15, 0.2) is 11.5 Å². The maximum Gasteiger partial charge on any atom is 0.288 e. The van der Waals surface area contributed by atoms with Gasteiger partial charge in [-0.2, -0.15) is 0 Å². The summed E-state index contributed by atoms with van der Waals surface area (Å²) in [6, 6.07) is 5.79. The maximum atomic E-state index is 13.4. The Balaban J connectivity index is 1.59. The minimum Gasteiger partial charge on any atom is -0.505 e. The number of hydrogen-bond donors (Lipinski definition) is 4. The van der Waals surface area contributed by atoms with Gasteiger partial charge in [0.1, 0.15) is 22.4 Å². The number of halogens is 1. The van der Waals surface area contributed by atoms with Gasteiger partial charge in [0.2, 0.25) is 5.76 Å². The van der Waals surface area contributed by atoms with Crippen molar-refractivity contribution in [1.82, 2.24) is 20.2 Å². The van der Waals surface area contributed by atoms with E-state index in [0.717, 1.165) is 30.0 Å². The quantitative estimate of drug-likeness (QED) is 0.389. The van der Waals surface area contributed by atoms with Crippen molar-refractivity contribution in [2.24, 2.45) is 0 Å². The molecule has 1 aliphatic heterocycles. The Labute approximate surface area is 216 Å². The lowest BCUT2D eigenvalue weighted by Gasteiger charge is -2.32. The number of aromatic hydroxyl groups is 1. The van der Waals surface area contributed by atoms with Gasteiger partial charge < -0.3 is 25.6 Å². The number of rotatable bonds is 6.